The van der Waals surface area contributed by atoms with Gasteiger partial charge in [0.05, 0.1) is 6.10 Å². The van der Waals surface area contributed by atoms with E-state index in [2.05, 4.69) is 9.97 Å². The van der Waals surface area contributed by atoms with Crippen molar-refractivity contribution in [3.63, 3.8) is 0 Å². The molecule has 3 rings (SSSR count). The third-order valence-electron chi connectivity index (χ3n) is 4.02. The molecule has 0 spiro atoms. The number of amides is 1. The van der Waals surface area contributed by atoms with Crippen molar-refractivity contribution in [2.45, 2.75) is 25.5 Å². The molecule has 1 aromatic carbocycles. The van der Waals surface area contributed by atoms with E-state index in [9.17, 15) is 9.90 Å². The van der Waals surface area contributed by atoms with Crippen LogP contribution in [0.4, 0.5) is 5.82 Å². The molecular formula is C17H20N4O3. The minimum absolute atomic E-state index is 0.0160. The number of nitrogen functional groups attached to an aromatic ring is 1. The van der Waals surface area contributed by atoms with Gasteiger partial charge in [0.2, 0.25) is 0 Å². The van der Waals surface area contributed by atoms with Crippen molar-refractivity contribution in [3.05, 3.63) is 47.9 Å². The average Bonchev–Trinajstić information content (AvgIpc) is 3.09. The maximum Gasteiger partial charge on any atom is 0.276 e. The van der Waals surface area contributed by atoms with Crippen LogP contribution < -0.4 is 5.73 Å². The summed E-state index contributed by atoms with van der Waals surface area (Å²) >= 11 is 0. The molecule has 3 N–H and O–H groups in total. The second-order valence-corrected chi connectivity index (χ2v) is 5.74. The quantitative estimate of drug-likeness (QED) is 0.864. The number of carbonyl (C=O) groups is 1. The summed E-state index contributed by atoms with van der Waals surface area (Å²) in [6, 6.07) is 6.94. The SMILES string of the molecule is Nc1nccnc1C(=O)N(Cc1ccccc1O)C[C@@H]1CCCO1. The molecule has 7 heteroatoms. The number of hydrogen-bond donors (Lipinski definition) is 2. The van der Waals surface area contributed by atoms with Crippen LogP contribution in [-0.2, 0) is 11.3 Å². The molecule has 1 aliphatic heterocycles. The number of hydrogen-bond acceptors (Lipinski definition) is 6. The average molecular weight is 328 g/mol. The molecule has 7 nitrogen and oxygen atoms in total. The molecule has 1 aliphatic rings. The number of benzene rings is 1. The highest BCUT2D eigenvalue weighted by molar-refractivity contribution is 5.96. The molecule has 24 heavy (non-hydrogen) atoms. The van der Waals surface area contributed by atoms with Crippen LogP contribution in [0, 0.1) is 0 Å². The summed E-state index contributed by atoms with van der Waals surface area (Å²) in [5, 5.41) is 10.0. The Morgan fingerprint density at radius 2 is 2.12 bits per heavy atom. The number of ether oxygens (including phenoxy) is 1. The highest BCUT2D eigenvalue weighted by Gasteiger charge is 2.26. The Labute approximate surface area is 140 Å². The van der Waals surface area contributed by atoms with Crippen molar-refractivity contribution >= 4 is 11.7 Å². The first-order valence-electron chi connectivity index (χ1n) is 7.89. The van der Waals surface area contributed by atoms with Gasteiger partial charge in [-0.3, -0.25) is 4.79 Å². The molecule has 1 fully saturated rings. The number of nitrogens with two attached hydrogens (primary N) is 1. The van der Waals surface area contributed by atoms with Crippen LogP contribution in [0.25, 0.3) is 0 Å². The van der Waals surface area contributed by atoms with Crippen LogP contribution in [0.15, 0.2) is 36.7 Å². The van der Waals surface area contributed by atoms with Crippen molar-refractivity contribution in [1.29, 1.82) is 0 Å². The molecule has 2 heterocycles. The van der Waals surface area contributed by atoms with Crippen LogP contribution >= 0.6 is 0 Å². The lowest BCUT2D eigenvalue weighted by atomic mass is 10.1. The third-order valence-corrected chi connectivity index (χ3v) is 4.02. The molecule has 1 aromatic heterocycles. The monoisotopic (exact) mass is 328 g/mol. The van der Waals surface area contributed by atoms with Crippen molar-refractivity contribution < 1.29 is 14.6 Å². The smallest absolute Gasteiger partial charge is 0.276 e. The summed E-state index contributed by atoms with van der Waals surface area (Å²) in [5.74, 6) is -0.0776. The first-order valence-corrected chi connectivity index (χ1v) is 7.89. The van der Waals surface area contributed by atoms with Crippen molar-refractivity contribution in [2.24, 2.45) is 0 Å². The van der Waals surface area contributed by atoms with E-state index < -0.39 is 0 Å². The predicted octanol–water partition coefficient (Wildman–Crippen LogP) is 1.59. The molecule has 0 unspecified atom stereocenters. The molecule has 0 aliphatic carbocycles. The molecule has 0 bridgehead atoms. The number of para-hydroxylation sites is 1. The number of phenols is 1. The van der Waals surface area contributed by atoms with Crippen molar-refractivity contribution in [3.8, 4) is 5.75 Å². The minimum atomic E-state index is -0.320. The largest absolute Gasteiger partial charge is 0.508 e. The second-order valence-electron chi connectivity index (χ2n) is 5.74. The van der Waals surface area contributed by atoms with E-state index in [1.54, 1.807) is 23.1 Å². The van der Waals surface area contributed by atoms with Gasteiger partial charge in [-0.2, -0.15) is 0 Å². The third kappa shape index (κ3) is 3.62. The zero-order valence-corrected chi connectivity index (χ0v) is 13.3. The lowest BCUT2D eigenvalue weighted by Gasteiger charge is -2.25. The minimum Gasteiger partial charge on any atom is -0.508 e. The summed E-state index contributed by atoms with van der Waals surface area (Å²) in [6.45, 7) is 1.38. The van der Waals surface area contributed by atoms with E-state index in [1.165, 1.54) is 12.4 Å². The van der Waals surface area contributed by atoms with Gasteiger partial charge in [0.1, 0.15) is 5.75 Å². The Kier molecular flexibility index (Phi) is 4.90. The normalized spacial score (nSPS) is 16.9. The number of anilines is 1. The number of aromatic hydroxyl groups is 1. The highest BCUT2D eigenvalue weighted by atomic mass is 16.5. The molecule has 126 valence electrons. The maximum atomic E-state index is 12.9. The zero-order chi connectivity index (χ0) is 16.9. The fourth-order valence-electron chi connectivity index (χ4n) is 2.77. The first-order chi connectivity index (χ1) is 11.6. The van der Waals surface area contributed by atoms with E-state index >= 15 is 0 Å². The van der Waals surface area contributed by atoms with Gasteiger partial charge in [-0.15, -0.1) is 0 Å². The van der Waals surface area contributed by atoms with Gasteiger partial charge in [0.15, 0.2) is 11.5 Å². The van der Waals surface area contributed by atoms with Gasteiger partial charge < -0.3 is 20.5 Å². The Morgan fingerprint density at radius 1 is 1.33 bits per heavy atom. The Balaban J connectivity index is 1.85. The van der Waals surface area contributed by atoms with Gasteiger partial charge in [0, 0.05) is 37.7 Å². The molecule has 0 saturated carbocycles. The predicted molar refractivity (Wildman–Crippen MR) is 88.3 cm³/mol. The first kappa shape index (κ1) is 16.2. The number of aromatic nitrogens is 2. The van der Waals surface area contributed by atoms with Crippen LogP contribution in [0.5, 0.6) is 5.75 Å². The summed E-state index contributed by atoms with van der Waals surface area (Å²) in [6.07, 6.45) is 4.75. The van der Waals surface area contributed by atoms with E-state index in [0.29, 0.717) is 18.7 Å². The molecule has 1 atom stereocenters. The maximum absolute atomic E-state index is 12.9. The molecule has 1 amide bonds. The van der Waals surface area contributed by atoms with Crippen molar-refractivity contribution in [1.82, 2.24) is 14.9 Å². The van der Waals surface area contributed by atoms with Crippen LogP contribution in [0.3, 0.4) is 0 Å². The molecule has 0 radical (unpaired) electrons. The van der Waals surface area contributed by atoms with Crippen LogP contribution in [-0.4, -0.2) is 45.1 Å². The fraction of sp³-hybridized carbons (Fsp3) is 0.353. The van der Waals surface area contributed by atoms with Gasteiger partial charge in [-0.05, 0) is 18.9 Å². The Morgan fingerprint density at radius 3 is 2.83 bits per heavy atom. The topological polar surface area (TPSA) is 102 Å². The van der Waals surface area contributed by atoms with E-state index in [4.69, 9.17) is 10.5 Å². The van der Waals surface area contributed by atoms with Gasteiger partial charge in [0.25, 0.3) is 5.91 Å². The lowest BCUT2D eigenvalue weighted by Crippen LogP contribution is -2.37. The number of nitrogens with zero attached hydrogens (tertiary/aromatic N) is 3. The summed E-state index contributed by atoms with van der Waals surface area (Å²) in [7, 11) is 0. The number of phenolic OH excluding ortho intramolecular Hbond substituents is 1. The summed E-state index contributed by atoms with van der Waals surface area (Å²) in [5.41, 5.74) is 6.56. The summed E-state index contributed by atoms with van der Waals surface area (Å²) < 4.78 is 5.64. The van der Waals surface area contributed by atoms with Crippen LogP contribution in [0.1, 0.15) is 28.9 Å². The standard InChI is InChI=1S/C17H20N4O3/c18-16-15(19-7-8-20-16)17(23)21(11-13-5-3-9-24-13)10-12-4-1-2-6-14(12)22/h1-2,4,6-8,13,22H,3,5,9-11H2,(H2,18,20)/t13-/m0/s1. The molecule has 1 saturated heterocycles. The van der Waals surface area contributed by atoms with Gasteiger partial charge >= 0.3 is 0 Å². The lowest BCUT2D eigenvalue weighted by molar-refractivity contribution is 0.0502. The Hall–Kier alpha value is -2.67. The zero-order valence-electron chi connectivity index (χ0n) is 13.3. The molecular weight excluding hydrogens is 308 g/mol. The Bertz CT molecular complexity index is 716. The second kappa shape index (κ2) is 7.27. The number of rotatable bonds is 5. The van der Waals surface area contributed by atoms with E-state index in [0.717, 1.165) is 12.8 Å². The van der Waals surface area contributed by atoms with Gasteiger partial charge in [-0.1, -0.05) is 18.2 Å². The van der Waals surface area contributed by atoms with Crippen LogP contribution in [0.2, 0.25) is 0 Å². The van der Waals surface area contributed by atoms with E-state index in [1.807, 2.05) is 6.07 Å². The van der Waals surface area contributed by atoms with Gasteiger partial charge in [-0.25, -0.2) is 9.97 Å². The fourth-order valence-corrected chi connectivity index (χ4v) is 2.77. The highest BCUT2D eigenvalue weighted by Crippen LogP contribution is 2.22. The van der Waals surface area contributed by atoms with E-state index in [-0.39, 0.29) is 35.8 Å². The summed E-state index contributed by atoms with van der Waals surface area (Å²) in [4.78, 5) is 22.5. The number of carbonyl (C=O) groups excluding carboxylic acids is 1. The van der Waals surface area contributed by atoms with Crippen molar-refractivity contribution in [2.75, 3.05) is 18.9 Å². The molecule has 2 aromatic rings.